The number of terminal acetylenes is 1. The van der Waals surface area contributed by atoms with Gasteiger partial charge >= 0.3 is 0 Å². The molecule has 0 bridgehead atoms. The second-order valence-corrected chi connectivity index (χ2v) is 2.59. The predicted molar refractivity (Wildman–Crippen MR) is 52.7 cm³/mol. The Labute approximate surface area is 73.9 Å². The van der Waals surface area contributed by atoms with Gasteiger partial charge in [0.1, 0.15) is 0 Å². The molecule has 0 nitrogen and oxygen atoms in total. The van der Waals surface area contributed by atoms with Gasteiger partial charge in [-0.2, -0.15) is 0 Å². The minimum Gasteiger partial charge on any atom is -0.115 e. The van der Waals surface area contributed by atoms with E-state index in [1.807, 2.05) is 12.1 Å². The summed E-state index contributed by atoms with van der Waals surface area (Å²) in [5, 5.41) is 0. The zero-order valence-electron chi connectivity index (χ0n) is 7.03. The topological polar surface area (TPSA) is 0 Å². The summed E-state index contributed by atoms with van der Waals surface area (Å²) >= 11 is 0. The maximum Gasteiger partial charge on any atom is -0.0161 e. The fourth-order valence-corrected chi connectivity index (χ4v) is 1.05. The molecule has 60 valence electrons. The summed E-state index contributed by atoms with van der Waals surface area (Å²) in [7, 11) is 0. The third-order valence-corrected chi connectivity index (χ3v) is 1.66. The van der Waals surface area contributed by atoms with Gasteiger partial charge in [0, 0.05) is 0 Å². The lowest BCUT2D eigenvalue weighted by Crippen LogP contribution is -1.80. The van der Waals surface area contributed by atoms with Gasteiger partial charge in [0.15, 0.2) is 0 Å². The fraction of sp³-hybridized carbons (Fsp3) is 0.167. The first kappa shape index (κ1) is 8.62. The molecule has 0 radical (unpaired) electrons. The van der Waals surface area contributed by atoms with Crippen LogP contribution < -0.4 is 0 Å². The number of benzene rings is 1. The van der Waals surface area contributed by atoms with Crippen LogP contribution >= 0.6 is 0 Å². The van der Waals surface area contributed by atoms with Crippen LogP contribution in [0.4, 0.5) is 0 Å². The smallest absolute Gasteiger partial charge is 0.0161 e. The van der Waals surface area contributed by atoms with Crippen molar-refractivity contribution in [3.63, 3.8) is 0 Å². The normalized spacial score (nSPS) is 9.92. The summed E-state index contributed by atoms with van der Waals surface area (Å²) in [6.45, 7) is 0. The summed E-state index contributed by atoms with van der Waals surface area (Å²) in [5.74, 6) is 2.47. The van der Waals surface area contributed by atoms with Gasteiger partial charge in [-0.3, -0.25) is 0 Å². The molecule has 1 rings (SSSR count). The maximum atomic E-state index is 5.07. The highest BCUT2D eigenvalue weighted by Gasteiger charge is 1.86. The largest absolute Gasteiger partial charge is 0.115 e. The zero-order valence-corrected chi connectivity index (χ0v) is 7.03. The van der Waals surface area contributed by atoms with Crippen molar-refractivity contribution in [3.05, 3.63) is 48.0 Å². The van der Waals surface area contributed by atoms with Crippen molar-refractivity contribution in [2.24, 2.45) is 0 Å². The van der Waals surface area contributed by atoms with Crippen LogP contribution in [0.15, 0.2) is 42.5 Å². The van der Waals surface area contributed by atoms with Gasteiger partial charge in [-0.05, 0) is 24.5 Å². The lowest BCUT2D eigenvalue weighted by atomic mass is 10.1. The third kappa shape index (κ3) is 3.07. The number of hydrogen-bond donors (Lipinski definition) is 0. The van der Waals surface area contributed by atoms with E-state index in [0.29, 0.717) is 0 Å². The minimum absolute atomic E-state index is 1.02. The number of rotatable bonds is 3. The first-order valence-corrected chi connectivity index (χ1v) is 4.08. The number of allylic oxidation sites excluding steroid dienone is 2. The monoisotopic (exact) mass is 156 g/mol. The maximum absolute atomic E-state index is 5.07. The van der Waals surface area contributed by atoms with E-state index in [2.05, 4.69) is 30.2 Å². The molecule has 12 heavy (non-hydrogen) atoms. The van der Waals surface area contributed by atoms with E-state index in [9.17, 15) is 0 Å². The van der Waals surface area contributed by atoms with Gasteiger partial charge in [0.25, 0.3) is 0 Å². The van der Waals surface area contributed by atoms with Crippen molar-refractivity contribution in [3.8, 4) is 12.3 Å². The molecule has 0 unspecified atom stereocenters. The molecule has 0 aliphatic rings. The molecule has 0 aliphatic heterocycles. The van der Waals surface area contributed by atoms with E-state index >= 15 is 0 Å². The molecule has 0 atom stereocenters. The van der Waals surface area contributed by atoms with Crippen LogP contribution in [0.25, 0.3) is 0 Å². The Morgan fingerprint density at radius 2 is 2.00 bits per heavy atom. The summed E-state index contributed by atoms with van der Waals surface area (Å²) in [5.41, 5.74) is 1.36. The van der Waals surface area contributed by atoms with Crippen LogP contribution in [-0.2, 0) is 6.42 Å². The predicted octanol–water partition coefficient (Wildman–Crippen LogP) is 2.81. The lowest BCUT2D eigenvalue weighted by molar-refractivity contribution is 1.00. The molecule has 1 aromatic carbocycles. The Morgan fingerprint density at radius 1 is 1.25 bits per heavy atom. The van der Waals surface area contributed by atoms with Crippen molar-refractivity contribution in [1.82, 2.24) is 0 Å². The van der Waals surface area contributed by atoms with Crippen molar-refractivity contribution >= 4 is 0 Å². The number of aryl methyl sites for hydroxylation is 1. The highest BCUT2D eigenvalue weighted by molar-refractivity contribution is 5.16. The molecule has 0 heteroatoms. The minimum atomic E-state index is 1.02. The second kappa shape index (κ2) is 5.21. The molecular weight excluding hydrogens is 144 g/mol. The highest BCUT2D eigenvalue weighted by atomic mass is 13.9. The molecule has 0 N–H and O–H groups in total. The molecule has 0 aliphatic carbocycles. The van der Waals surface area contributed by atoms with Crippen LogP contribution in [0.5, 0.6) is 0 Å². The van der Waals surface area contributed by atoms with Crippen molar-refractivity contribution < 1.29 is 0 Å². The van der Waals surface area contributed by atoms with Gasteiger partial charge in [-0.15, -0.1) is 6.42 Å². The third-order valence-electron chi connectivity index (χ3n) is 1.66. The quantitative estimate of drug-likeness (QED) is 0.590. The number of hydrogen-bond acceptors (Lipinski definition) is 0. The van der Waals surface area contributed by atoms with Crippen LogP contribution in [0.2, 0.25) is 0 Å². The Hall–Kier alpha value is -1.48. The Balaban J connectivity index is 2.35. The van der Waals surface area contributed by atoms with E-state index in [4.69, 9.17) is 6.42 Å². The van der Waals surface area contributed by atoms with Crippen molar-refractivity contribution in [2.45, 2.75) is 12.8 Å². The van der Waals surface area contributed by atoms with Gasteiger partial charge in [0.05, 0.1) is 0 Å². The first-order chi connectivity index (χ1) is 5.93. The van der Waals surface area contributed by atoms with Crippen LogP contribution in [-0.4, -0.2) is 0 Å². The molecule has 1 aromatic rings. The lowest BCUT2D eigenvalue weighted by Gasteiger charge is -1.95. The van der Waals surface area contributed by atoms with E-state index in [1.165, 1.54) is 5.56 Å². The van der Waals surface area contributed by atoms with Gasteiger partial charge < -0.3 is 0 Å². The fourth-order valence-electron chi connectivity index (χ4n) is 1.05. The summed E-state index contributed by atoms with van der Waals surface area (Å²) in [6, 6.07) is 10.4. The Morgan fingerprint density at radius 3 is 2.67 bits per heavy atom. The van der Waals surface area contributed by atoms with Gasteiger partial charge in [-0.1, -0.05) is 42.3 Å². The molecule has 0 saturated carbocycles. The zero-order chi connectivity index (χ0) is 8.65. The SMILES string of the molecule is C#CC=CCCc1ccccc1. The second-order valence-electron chi connectivity index (χ2n) is 2.59. The first-order valence-electron chi connectivity index (χ1n) is 4.08. The molecule has 0 heterocycles. The van der Waals surface area contributed by atoms with Crippen LogP contribution in [0, 0.1) is 12.3 Å². The molecule has 0 fully saturated rings. The average Bonchev–Trinajstić information content (AvgIpc) is 2.14. The molecular formula is C12H12. The molecule has 0 spiro atoms. The van der Waals surface area contributed by atoms with Crippen LogP contribution in [0.3, 0.4) is 0 Å². The van der Waals surface area contributed by atoms with Gasteiger partial charge in [0.2, 0.25) is 0 Å². The summed E-state index contributed by atoms with van der Waals surface area (Å²) < 4.78 is 0. The molecule has 0 saturated heterocycles. The van der Waals surface area contributed by atoms with Crippen molar-refractivity contribution in [2.75, 3.05) is 0 Å². The Bertz CT molecular complexity index is 275. The summed E-state index contributed by atoms with van der Waals surface area (Å²) in [4.78, 5) is 0. The molecule has 0 amide bonds. The van der Waals surface area contributed by atoms with E-state index in [-0.39, 0.29) is 0 Å². The Kier molecular flexibility index (Phi) is 3.74. The van der Waals surface area contributed by atoms with Crippen LogP contribution in [0.1, 0.15) is 12.0 Å². The van der Waals surface area contributed by atoms with E-state index in [0.717, 1.165) is 12.8 Å². The standard InChI is InChI=1S/C12H12/c1-2-3-4-6-9-12-10-7-5-8-11-12/h1,3-5,7-8,10-11H,6,9H2. The van der Waals surface area contributed by atoms with Crippen molar-refractivity contribution in [1.29, 1.82) is 0 Å². The highest BCUT2D eigenvalue weighted by Crippen LogP contribution is 2.02. The van der Waals surface area contributed by atoms with E-state index < -0.39 is 0 Å². The molecule has 0 aromatic heterocycles. The average molecular weight is 156 g/mol. The van der Waals surface area contributed by atoms with E-state index in [1.54, 1.807) is 6.08 Å². The van der Waals surface area contributed by atoms with Gasteiger partial charge in [-0.25, -0.2) is 0 Å². The summed E-state index contributed by atoms with van der Waals surface area (Å²) in [6.07, 6.45) is 10.9.